The lowest BCUT2D eigenvalue weighted by atomic mass is 10.5. The molecule has 0 radical (unpaired) electrons. The standard InChI is InChI=1S/C7H7Cl2N3O2/c1-10-4(13)2-12-3-11-6(9)5(8)7(12)14/h3H,2H2,1H3,(H,10,13). The van der Waals surface area contributed by atoms with Crippen LogP contribution < -0.4 is 10.9 Å². The molecule has 0 unspecified atom stereocenters. The first kappa shape index (κ1) is 11.0. The molecule has 5 nitrogen and oxygen atoms in total. The number of carbonyl (C=O) groups is 1. The topological polar surface area (TPSA) is 64.0 Å². The number of hydrogen-bond acceptors (Lipinski definition) is 3. The van der Waals surface area contributed by atoms with E-state index in [9.17, 15) is 9.59 Å². The molecule has 0 aromatic carbocycles. The largest absolute Gasteiger partial charge is 0.358 e. The van der Waals surface area contributed by atoms with Crippen molar-refractivity contribution in [1.82, 2.24) is 14.9 Å². The minimum Gasteiger partial charge on any atom is -0.358 e. The molecular weight excluding hydrogens is 229 g/mol. The van der Waals surface area contributed by atoms with E-state index in [0.717, 1.165) is 4.57 Å². The van der Waals surface area contributed by atoms with E-state index in [4.69, 9.17) is 23.2 Å². The summed E-state index contributed by atoms with van der Waals surface area (Å²) in [5.41, 5.74) is -0.532. The molecule has 0 saturated heterocycles. The van der Waals surface area contributed by atoms with Gasteiger partial charge in [0.25, 0.3) is 5.56 Å². The van der Waals surface area contributed by atoms with Crippen molar-refractivity contribution in [3.05, 3.63) is 26.9 Å². The molecule has 0 aliphatic rings. The van der Waals surface area contributed by atoms with Crippen molar-refractivity contribution in [3.63, 3.8) is 0 Å². The maximum Gasteiger partial charge on any atom is 0.274 e. The predicted octanol–water partition coefficient (Wildman–Crippen LogP) is 0.296. The Morgan fingerprint density at radius 2 is 2.29 bits per heavy atom. The Hall–Kier alpha value is -1.07. The van der Waals surface area contributed by atoms with Crippen molar-refractivity contribution >= 4 is 29.1 Å². The van der Waals surface area contributed by atoms with E-state index in [1.807, 2.05) is 0 Å². The number of amides is 1. The van der Waals surface area contributed by atoms with Gasteiger partial charge in [-0.3, -0.25) is 14.2 Å². The second-order valence-corrected chi connectivity index (χ2v) is 3.19. The van der Waals surface area contributed by atoms with Crippen LogP contribution in [0.5, 0.6) is 0 Å². The molecule has 1 amide bonds. The van der Waals surface area contributed by atoms with Gasteiger partial charge in [-0.1, -0.05) is 23.2 Å². The SMILES string of the molecule is CNC(=O)Cn1cnc(Cl)c(Cl)c1=O. The molecule has 0 aliphatic carbocycles. The van der Waals surface area contributed by atoms with Crippen LogP contribution in [0.1, 0.15) is 0 Å². The number of rotatable bonds is 2. The zero-order chi connectivity index (χ0) is 10.7. The van der Waals surface area contributed by atoms with E-state index in [1.165, 1.54) is 13.4 Å². The lowest BCUT2D eigenvalue weighted by molar-refractivity contribution is -0.121. The maximum atomic E-state index is 11.4. The van der Waals surface area contributed by atoms with Crippen molar-refractivity contribution in [2.75, 3.05) is 7.05 Å². The van der Waals surface area contributed by atoms with E-state index >= 15 is 0 Å². The monoisotopic (exact) mass is 235 g/mol. The van der Waals surface area contributed by atoms with Crippen molar-refractivity contribution in [1.29, 1.82) is 0 Å². The average molecular weight is 236 g/mol. The van der Waals surface area contributed by atoms with Crippen LogP contribution in [0.2, 0.25) is 10.2 Å². The van der Waals surface area contributed by atoms with Crippen LogP contribution in [0, 0.1) is 0 Å². The molecule has 1 N–H and O–H groups in total. The Balaban J connectivity index is 3.06. The number of nitrogens with one attached hydrogen (secondary N) is 1. The Labute approximate surface area is 89.7 Å². The Morgan fingerprint density at radius 3 is 2.86 bits per heavy atom. The Kier molecular flexibility index (Phi) is 3.49. The average Bonchev–Trinajstić information content (AvgIpc) is 2.19. The normalized spacial score (nSPS) is 9.93. The molecule has 0 bridgehead atoms. The minimum atomic E-state index is -0.532. The molecule has 1 aromatic heterocycles. The summed E-state index contributed by atoms with van der Waals surface area (Å²) in [5, 5.41) is 2.12. The van der Waals surface area contributed by atoms with Gasteiger partial charge in [0, 0.05) is 7.05 Å². The summed E-state index contributed by atoms with van der Waals surface area (Å²) in [6, 6.07) is 0. The Bertz CT molecular complexity index is 416. The van der Waals surface area contributed by atoms with E-state index < -0.39 is 5.56 Å². The van der Waals surface area contributed by atoms with E-state index in [0.29, 0.717) is 0 Å². The van der Waals surface area contributed by atoms with Gasteiger partial charge in [0.1, 0.15) is 11.6 Å². The summed E-state index contributed by atoms with van der Waals surface area (Å²) >= 11 is 11.0. The van der Waals surface area contributed by atoms with Crippen LogP contribution >= 0.6 is 23.2 Å². The van der Waals surface area contributed by atoms with Crippen LogP contribution in [-0.4, -0.2) is 22.5 Å². The van der Waals surface area contributed by atoms with Crippen molar-refractivity contribution < 1.29 is 4.79 Å². The summed E-state index contributed by atoms with van der Waals surface area (Å²) in [6.45, 7) is -0.126. The number of halogens is 2. The molecule has 14 heavy (non-hydrogen) atoms. The zero-order valence-electron chi connectivity index (χ0n) is 7.25. The zero-order valence-corrected chi connectivity index (χ0v) is 8.76. The third-order valence-corrected chi connectivity index (χ3v) is 2.26. The second kappa shape index (κ2) is 4.43. The molecule has 0 fully saturated rings. The van der Waals surface area contributed by atoms with Crippen LogP contribution in [0.3, 0.4) is 0 Å². The van der Waals surface area contributed by atoms with Gasteiger partial charge < -0.3 is 5.32 Å². The first-order chi connectivity index (χ1) is 6.56. The maximum absolute atomic E-state index is 11.4. The first-order valence-electron chi connectivity index (χ1n) is 3.67. The highest BCUT2D eigenvalue weighted by atomic mass is 35.5. The molecule has 1 heterocycles. The number of hydrogen-bond donors (Lipinski definition) is 1. The highest BCUT2D eigenvalue weighted by Gasteiger charge is 2.09. The van der Waals surface area contributed by atoms with Crippen LogP contribution in [0.15, 0.2) is 11.1 Å². The first-order valence-corrected chi connectivity index (χ1v) is 4.43. The van der Waals surface area contributed by atoms with Gasteiger partial charge in [0.05, 0.1) is 6.33 Å². The molecule has 0 saturated carbocycles. The summed E-state index contributed by atoms with van der Waals surface area (Å²) in [5.74, 6) is -0.313. The molecular formula is C7H7Cl2N3O2. The minimum absolute atomic E-state index is 0.0650. The van der Waals surface area contributed by atoms with Gasteiger partial charge in [0.2, 0.25) is 5.91 Å². The second-order valence-electron chi connectivity index (χ2n) is 2.46. The fraction of sp³-hybridized carbons (Fsp3) is 0.286. The van der Waals surface area contributed by atoms with Gasteiger partial charge in [-0.2, -0.15) is 0 Å². The van der Waals surface area contributed by atoms with E-state index in [-0.39, 0.29) is 22.6 Å². The molecule has 1 aromatic rings. The van der Waals surface area contributed by atoms with E-state index in [1.54, 1.807) is 0 Å². The number of likely N-dealkylation sites (N-methyl/N-ethyl adjacent to an activating group) is 1. The molecule has 7 heteroatoms. The third kappa shape index (κ3) is 2.24. The molecule has 76 valence electrons. The van der Waals surface area contributed by atoms with Crippen molar-refractivity contribution in [2.24, 2.45) is 0 Å². The smallest absolute Gasteiger partial charge is 0.274 e. The highest BCUT2D eigenvalue weighted by molar-refractivity contribution is 6.40. The molecule has 0 aliphatic heterocycles. The fourth-order valence-corrected chi connectivity index (χ4v) is 1.07. The summed E-state index contributed by atoms with van der Waals surface area (Å²) in [4.78, 5) is 26.0. The lowest BCUT2D eigenvalue weighted by Gasteiger charge is -2.04. The van der Waals surface area contributed by atoms with Crippen LogP contribution in [-0.2, 0) is 11.3 Å². The third-order valence-electron chi connectivity index (χ3n) is 1.53. The van der Waals surface area contributed by atoms with Gasteiger partial charge in [-0.15, -0.1) is 0 Å². The van der Waals surface area contributed by atoms with Gasteiger partial charge in [-0.25, -0.2) is 4.98 Å². The fourth-order valence-electron chi connectivity index (χ4n) is 0.790. The van der Waals surface area contributed by atoms with Gasteiger partial charge in [0.15, 0.2) is 5.15 Å². The predicted molar refractivity (Wildman–Crippen MR) is 52.6 cm³/mol. The summed E-state index contributed by atoms with van der Waals surface area (Å²) in [7, 11) is 1.47. The van der Waals surface area contributed by atoms with Crippen molar-refractivity contribution in [2.45, 2.75) is 6.54 Å². The highest BCUT2D eigenvalue weighted by Crippen LogP contribution is 2.12. The van der Waals surface area contributed by atoms with Gasteiger partial charge >= 0.3 is 0 Å². The summed E-state index contributed by atoms with van der Waals surface area (Å²) in [6.07, 6.45) is 1.17. The molecule has 1 rings (SSSR count). The lowest BCUT2D eigenvalue weighted by Crippen LogP contribution is -2.30. The number of aromatic nitrogens is 2. The number of carbonyl (C=O) groups excluding carboxylic acids is 1. The quantitative estimate of drug-likeness (QED) is 0.751. The molecule has 0 atom stereocenters. The van der Waals surface area contributed by atoms with Crippen LogP contribution in [0.4, 0.5) is 0 Å². The van der Waals surface area contributed by atoms with E-state index in [2.05, 4.69) is 10.3 Å². The van der Waals surface area contributed by atoms with Crippen LogP contribution in [0.25, 0.3) is 0 Å². The summed E-state index contributed by atoms with van der Waals surface area (Å²) < 4.78 is 1.08. The molecule has 0 spiro atoms. The van der Waals surface area contributed by atoms with Crippen molar-refractivity contribution in [3.8, 4) is 0 Å². The number of nitrogens with zero attached hydrogens (tertiary/aromatic N) is 2. The van der Waals surface area contributed by atoms with Gasteiger partial charge in [-0.05, 0) is 0 Å². The Morgan fingerprint density at radius 1 is 1.64 bits per heavy atom.